The number of hydrogen-bond donors (Lipinski definition) is 0. The molecule has 0 radical (unpaired) electrons. The highest BCUT2D eigenvalue weighted by Gasteiger charge is 2.38. The van der Waals surface area contributed by atoms with Crippen LogP contribution in [0.2, 0.25) is 0 Å². The van der Waals surface area contributed by atoms with E-state index in [1.54, 1.807) is 4.31 Å². The maximum Gasteiger partial charge on any atom is 0.218 e. The van der Waals surface area contributed by atoms with Crippen LogP contribution in [0, 0.1) is 5.82 Å². The van der Waals surface area contributed by atoms with E-state index in [1.807, 2.05) is 25.1 Å². The predicted molar refractivity (Wildman–Crippen MR) is 89.0 cm³/mol. The molecule has 1 aliphatic rings. The summed E-state index contributed by atoms with van der Waals surface area (Å²) in [7, 11) is -3.41. The van der Waals surface area contributed by atoms with Gasteiger partial charge in [0.1, 0.15) is 5.82 Å². The summed E-state index contributed by atoms with van der Waals surface area (Å²) in [6, 6.07) is 15.6. The minimum atomic E-state index is -3.41. The van der Waals surface area contributed by atoms with E-state index in [1.165, 1.54) is 29.8 Å². The monoisotopic (exact) mass is 333 g/mol. The average molecular weight is 333 g/mol. The summed E-state index contributed by atoms with van der Waals surface area (Å²) >= 11 is 0. The van der Waals surface area contributed by atoms with Gasteiger partial charge < -0.3 is 0 Å². The molecule has 0 spiro atoms. The Kier molecular flexibility index (Phi) is 4.50. The molecule has 0 bridgehead atoms. The van der Waals surface area contributed by atoms with Crippen molar-refractivity contribution in [3.63, 3.8) is 0 Å². The molecular formula is C18H20FNO2S. The molecule has 3 nitrogen and oxygen atoms in total. The number of halogens is 1. The van der Waals surface area contributed by atoms with E-state index < -0.39 is 10.0 Å². The van der Waals surface area contributed by atoms with Crippen molar-refractivity contribution < 1.29 is 12.8 Å². The maximum absolute atomic E-state index is 13.0. The first kappa shape index (κ1) is 16.1. The lowest BCUT2D eigenvalue weighted by atomic mass is 9.93. The Morgan fingerprint density at radius 3 is 2.39 bits per heavy atom. The number of hydrogen-bond acceptors (Lipinski definition) is 2. The van der Waals surface area contributed by atoms with Gasteiger partial charge >= 0.3 is 0 Å². The molecule has 0 N–H and O–H groups in total. The third kappa shape index (κ3) is 3.46. The molecule has 2 unspecified atom stereocenters. The van der Waals surface area contributed by atoms with Crippen LogP contribution in [0.25, 0.3) is 0 Å². The Balaban J connectivity index is 1.77. The van der Waals surface area contributed by atoms with Crippen molar-refractivity contribution in [2.45, 2.75) is 31.1 Å². The van der Waals surface area contributed by atoms with Crippen molar-refractivity contribution >= 4 is 10.0 Å². The molecule has 23 heavy (non-hydrogen) atoms. The highest BCUT2D eigenvalue weighted by atomic mass is 32.2. The molecular weight excluding hydrogens is 313 g/mol. The van der Waals surface area contributed by atoms with E-state index in [0.29, 0.717) is 12.1 Å². The van der Waals surface area contributed by atoms with Gasteiger partial charge in [0, 0.05) is 18.5 Å². The first-order valence-corrected chi connectivity index (χ1v) is 9.37. The third-order valence-electron chi connectivity index (χ3n) is 4.54. The zero-order valence-electron chi connectivity index (χ0n) is 13.0. The molecule has 1 heterocycles. The summed E-state index contributed by atoms with van der Waals surface area (Å²) in [4.78, 5) is 0. The molecule has 5 heteroatoms. The first-order chi connectivity index (χ1) is 11.0. The van der Waals surface area contributed by atoms with Crippen LogP contribution >= 0.6 is 0 Å². The van der Waals surface area contributed by atoms with Crippen LogP contribution in [0.15, 0.2) is 54.6 Å². The molecule has 1 aliphatic heterocycles. The molecule has 1 fully saturated rings. The third-order valence-corrected chi connectivity index (χ3v) is 6.47. The summed E-state index contributed by atoms with van der Waals surface area (Å²) in [5.41, 5.74) is 1.79. The fourth-order valence-corrected chi connectivity index (χ4v) is 5.14. The van der Waals surface area contributed by atoms with Gasteiger partial charge in [0.15, 0.2) is 0 Å². The highest BCUT2D eigenvalue weighted by molar-refractivity contribution is 7.88. The number of sulfonamides is 1. The van der Waals surface area contributed by atoms with Crippen molar-refractivity contribution in [2.75, 3.05) is 6.54 Å². The minimum Gasteiger partial charge on any atom is -0.212 e. The highest BCUT2D eigenvalue weighted by Crippen LogP contribution is 2.35. The van der Waals surface area contributed by atoms with Crippen LogP contribution in [0.4, 0.5) is 4.39 Å². The molecule has 0 saturated carbocycles. The first-order valence-electron chi connectivity index (χ1n) is 7.76. The molecule has 3 rings (SSSR count). The summed E-state index contributed by atoms with van der Waals surface area (Å²) in [5, 5.41) is 0. The second-order valence-corrected chi connectivity index (χ2v) is 7.96. The fourth-order valence-electron chi connectivity index (χ4n) is 3.32. The van der Waals surface area contributed by atoms with Crippen LogP contribution in [0.3, 0.4) is 0 Å². The molecule has 122 valence electrons. The zero-order chi connectivity index (χ0) is 16.4. The fraction of sp³-hybridized carbons (Fsp3) is 0.333. The van der Waals surface area contributed by atoms with Crippen LogP contribution in [-0.4, -0.2) is 25.3 Å². The second-order valence-electron chi connectivity index (χ2n) is 6.04. The van der Waals surface area contributed by atoms with Crippen LogP contribution in [-0.2, 0) is 15.8 Å². The number of nitrogens with zero attached hydrogens (tertiary/aromatic N) is 1. The lowest BCUT2D eigenvalue weighted by molar-refractivity contribution is 0.393. The van der Waals surface area contributed by atoms with E-state index in [4.69, 9.17) is 0 Å². The zero-order valence-corrected chi connectivity index (χ0v) is 13.8. The number of benzene rings is 2. The van der Waals surface area contributed by atoms with Gasteiger partial charge in [-0.15, -0.1) is 0 Å². The minimum absolute atomic E-state index is 0.0668. The van der Waals surface area contributed by atoms with Crippen molar-refractivity contribution in [3.8, 4) is 0 Å². The predicted octanol–water partition coefficient (Wildman–Crippen LogP) is 3.53. The number of rotatable bonds is 4. The lowest BCUT2D eigenvalue weighted by Gasteiger charge is -2.24. The molecule has 2 atom stereocenters. The summed E-state index contributed by atoms with van der Waals surface area (Å²) in [5.74, 6) is -0.219. The molecule has 0 amide bonds. The standard InChI is InChI=1S/C18H20FNO2S/c1-14-18(16-5-3-2-4-6-16)11-12-20(14)23(21,22)13-15-7-9-17(19)10-8-15/h2-10,14,18H,11-13H2,1H3. The largest absolute Gasteiger partial charge is 0.218 e. The van der Waals surface area contributed by atoms with Gasteiger partial charge in [-0.2, -0.15) is 4.31 Å². The van der Waals surface area contributed by atoms with Gasteiger partial charge in [-0.1, -0.05) is 42.5 Å². The van der Waals surface area contributed by atoms with Crippen molar-refractivity contribution in [1.82, 2.24) is 4.31 Å². The van der Waals surface area contributed by atoms with Crippen LogP contribution in [0.1, 0.15) is 30.4 Å². The molecule has 1 saturated heterocycles. The Morgan fingerprint density at radius 2 is 1.74 bits per heavy atom. The van der Waals surface area contributed by atoms with Crippen molar-refractivity contribution in [1.29, 1.82) is 0 Å². The lowest BCUT2D eigenvalue weighted by Crippen LogP contribution is -2.36. The van der Waals surface area contributed by atoms with E-state index in [2.05, 4.69) is 12.1 Å². The smallest absolute Gasteiger partial charge is 0.212 e. The van der Waals surface area contributed by atoms with Gasteiger partial charge in [0.25, 0.3) is 0 Å². The van der Waals surface area contributed by atoms with E-state index in [-0.39, 0.29) is 23.5 Å². The van der Waals surface area contributed by atoms with E-state index in [0.717, 1.165) is 6.42 Å². The molecule has 0 aliphatic carbocycles. The Hall–Kier alpha value is -1.72. The summed E-state index contributed by atoms with van der Waals surface area (Å²) < 4.78 is 40.0. The van der Waals surface area contributed by atoms with E-state index in [9.17, 15) is 12.8 Å². The van der Waals surface area contributed by atoms with Gasteiger partial charge in [-0.05, 0) is 36.6 Å². The van der Waals surface area contributed by atoms with Crippen molar-refractivity contribution in [3.05, 3.63) is 71.5 Å². The normalized spacial score (nSPS) is 22.3. The van der Waals surface area contributed by atoms with E-state index >= 15 is 0 Å². The summed E-state index contributed by atoms with van der Waals surface area (Å²) in [6.07, 6.45) is 0.827. The quantitative estimate of drug-likeness (QED) is 0.858. The topological polar surface area (TPSA) is 37.4 Å². The van der Waals surface area contributed by atoms with Crippen molar-refractivity contribution in [2.24, 2.45) is 0 Å². The SMILES string of the molecule is CC1C(c2ccccc2)CCN1S(=O)(=O)Cc1ccc(F)cc1. The van der Waals surface area contributed by atoms with Gasteiger partial charge in [-0.25, -0.2) is 12.8 Å². The Bertz CT molecular complexity index is 759. The Morgan fingerprint density at radius 1 is 1.09 bits per heavy atom. The van der Waals surface area contributed by atoms with Gasteiger partial charge in [0.2, 0.25) is 10.0 Å². The molecule has 2 aromatic carbocycles. The maximum atomic E-state index is 13.0. The van der Waals surface area contributed by atoms with Crippen LogP contribution in [0.5, 0.6) is 0 Å². The Labute approximate surface area is 136 Å². The summed E-state index contributed by atoms with van der Waals surface area (Å²) in [6.45, 7) is 2.50. The van der Waals surface area contributed by atoms with Crippen LogP contribution < -0.4 is 0 Å². The average Bonchev–Trinajstić information content (AvgIpc) is 2.93. The molecule has 0 aromatic heterocycles. The second kappa shape index (κ2) is 6.42. The van der Waals surface area contributed by atoms with Gasteiger partial charge in [-0.3, -0.25) is 0 Å². The molecule has 2 aromatic rings. The van der Waals surface area contributed by atoms with Gasteiger partial charge in [0.05, 0.1) is 5.75 Å².